The van der Waals surface area contributed by atoms with Crippen molar-refractivity contribution in [2.45, 2.75) is 39.7 Å². The molecule has 0 bridgehead atoms. The van der Waals surface area contributed by atoms with Crippen LogP contribution in [0.5, 0.6) is 0 Å². The van der Waals surface area contributed by atoms with Gasteiger partial charge in [-0.15, -0.1) is 0 Å². The van der Waals surface area contributed by atoms with Gasteiger partial charge in [0.1, 0.15) is 12.7 Å². The Balaban J connectivity index is 2.30. The average Bonchev–Trinajstić information content (AvgIpc) is 2.85. The zero-order chi connectivity index (χ0) is 15.0. The van der Waals surface area contributed by atoms with Gasteiger partial charge in [0, 0.05) is 19.4 Å². The lowest BCUT2D eigenvalue weighted by molar-refractivity contribution is -0.138. The van der Waals surface area contributed by atoms with Crippen molar-refractivity contribution < 1.29 is 14.7 Å². The van der Waals surface area contributed by atoms with Crippen molar-refractivity contribution in [3.05, 3.63) is 12.7 Å². The van der Waals surface area contributed by atoms with E-state index in [0.29, 0.717) is 25.4 Å². The van der Waals surface area contributed by atoms with E-state index < -0.39 is 5.97 Å². The molecule has 0 aliphatic rings. The minimum absolute atomic E-state index is 0.0252. The molecule has 1 atom stereocenters. The molecular formula is C13H22N4O3. The van der Waals surface area contributed by atoms with Gasteiger partial charge in [0.15, 0.2) is 0 Å². The van der Waals surface area contributed by atoms with Crippen LogP contribution in [0.4, 0.5) is 0 Å². The van der Waals surface area contributed by atoms with Crippen LogP contribution in [0, 0.1) is 11.8 Å². The molecule has 1 aromatic heterocycles. The molecule has 0 aromatic carbocycles. The highest BCUT2D eigenvalue weighted by Gasteiger charge is 2.16. The fourth-order valence-electron chi connectivity index (χ4n) is 2.06. The Morgan fingerprint density at radius 1 is 1.40 bits per heavy atom. The number of nitrogens with one attached hydrogen (secondary N) is 1. The molecule has 1 amide bonds. The van der Waals surface area contributed by atoms with Crippen LogP contribution < -0.4 is 5.32 Å². The second-order valence-electron chi connectivity index (χ2n) is 5.31. The Bertz CT molecular complexity index is 417. The number of carboxylic acid groups (broad SMARTS) is 1. The number of carbonyl (C=O) groups is 2. The summed E-state index contributed by atoms with van der Waals surface area (Å²) in [7, 11) is 0. The average molecular weight is 282 g/mol. The lowest BCUT2D eigenvalue weighted by Gasteiger charge is -2.17. The SMILES string of the molecule is CC(C)C[C@H](CNC(=O)CCn1cncn1)CC(=O)O. The molecule has 112 valence electrons. The minimum atomic E-state index is -0.826. The van der Waals surface area contributed by atoms with E-state index in [4.69, 9.17) is 5.11 Å². The molecule has 1 rings (SSSR count). The van der Waals surface area contributed by atoms with Gasteiger partial charge in [-0.05, 0) is 18.3 Å². The highest BCUT2D eigenvalue weighted by atomic mass is 16.4. The summed E-state index contributed by atoms with van der Waals surface area (Å²) < 4.78 is 1.59. The molecule has 0 radical (unpaired) electrons. The number of aliphatic carboxylic acids is 1. The van der Waals surface area contributed by atoms with Crippen LogP contribution >= 0.6 is 0 Å². The van der Waals surface area contributed by atoms with Crippen molar-refractivity contribution in [1.82, 2.24) is 20.1 Å². The van der Waals surface area contributed by atoms with Crippen molar-refractivity contribution in [2.24, 2.45) is 11.8 Å². The quantitative estimate of drug-likeness (QED) is 0.702. The van der Waals surface area contributed by atoms with Crippen LogP contribution in [0.25, 0.3) is 0 Å². The van der Waals surface area contributed by atoms with Crippen LogP contribution in [-0.4, -0.2) is 38.3 Å². The standard InChI is InChI=1S/C13H22N4O3/c1-10(2)5-11(6-13(19)20)7-15-12(18)3-4-17-9-14-8-16-17/h8-11H,3-7H2,1-2H3,(H,15,18)(H,19,20)/t11-/m0/s1. The normalized spacial score (nSPS) is 12.3. The lowest BCUT2D eigenvalue weighted by Crippen LogP contribution is -2.31. The number of carbonyl (C=O) groups excluding carboxylic acids is 1. The fourth-order valence-corrected chi connectivity index (χ4v) is 2.06. The van der Waals surface area contributed by atoms with Gasteiger partial charge < -0.3 is 10.4 Å². The van der Waals surface area contributed by atoms with E-state index in [9.17, 15) is 9.59 Å². The van der Waals surface area contributed by atoms with E-state index in [0.717, 1.165) is 6.42 Å². The summed E-state index contributed by atoms with van der Waals surface area (Å²) in [5, 5.41) is 15.6. The first kappa shape index (κ1) is 16.1. The molecule has 20 heavy (non-hydrogen) atoms. The second kappa shape index (κ2) is 8.29. The molecule has 1 heterocycles. The third kappa shape index (κ3) is 6.86. The van der Waals surface area contributed by atoms with Gasteiger partial charge in [-0.3, -0.25) is 14.3 Å². The Morgan fingerprint density at radius 2 is 2.15 bits per heavy atom. The van der Waals surface area contributed by atoms with Crippen molar-refractivity contribution >= 4 is 11.9 Å². The first-order valence-electron chi connectivity index (χ1n) is 6.78. The number of nitrogens with zero attached hydrogens (tertiary/aromatic N) is 3. The predicted molar refractivity (Wildman–Crippen MR) is 72.8 cm³/mol. The Labute approximate surface area is 118 Å². The predicted octanol–water partition coefficient (Wildman–Crippen LogP) is 0.921. The van der Waals surface area contributed by atoms with Gasteiger partial charge in [0.2, 0.25) is 5.91 Å². The molecule has 0 aliphatic heterocycles. The highest BCUT2D eigenvalue weighted by molar-refractivity contribution is 5.75. The minimum Gasteiger partial charge on any atom is -0.481 e. The zero-order valence-electron chi connectivity index (χ0n) is 12.0. The summed E-state index contributed by atoms with van der Waals surface area (Å²) in [5.74, 6) is -0.540. The van der Waals surface area contributed by atoms with Crippen LogP contribution in [0.15, 0.2) is 12.7 Å². The number of hydrogen-bond acceptors (Lipinski definition) is 4. The number of rotatable bonds is 9. The molecule has 0 spiro atoms. The Hall–Kier alpha value is -1.92. The Morgan fingerprint density at radius 3 is 2.70 bits per heavy atom. The van der Waals surface area contributed by atoms with E-state index in [2.05, 4.69) is 15.4 Å². The fraction of sp³-hybridized carbons (Fsp3) is 0.692. The molecule has 0 unspecified atom stereocenters. The number of aromatic nitrogens is 3. The second-order valence-corrected chi connectivity index (χ2v) is 5.31. The number of hydrogen-bond donors (Lipinski definition) is 2. The summed E-state index contributed by atoms with van der Waals surface area (Å²) in [6.45, 7) is 4.96. The molecule has 0 saturated carbocycles. The van der Waals surface area contributed by atoms with Crippen LogP contribution in [0.1, 0.15) is 33.1 Å². The van der Waals surface area contributed by atoms with Crippen LogP contribution in [0.2, 0.25) is 0 Å². The van der Waals surface area contributed by atoms with Crippen molar-refractivity contribution in [2.75, 3.05) is 6.54 Å². The summed E-state index contributed by atoms with van der Waals surface area (Å²) in [6.07, 6.45) is 4.16. The van der Waals surface area contributed by atoms with Gasteiger partial charge in [0.05, 0.1) is 6.54 Å². The molecule has 0 aliphatic carbocycles. The van der Waals surface area contributed by atoms with Crippen molar-refractivity contribution in [1.29, 1.82) is 0 Å². The van der Waals surface area contributed by atoms with Crippen LogP contribution in [-0.2, 0) is 16.1 Å². The maximum atomic E-state index is 11.7. The molecule has 0 saturated heterocycles. The largest absolute Gasteiger partial charge is 0.481 e. The topological polar surface area (TPSA) is 97.1 Å². The van der Waals surface area contributed by atoms with Crippen LogP contribution in [0.3, 0.4) is 0 Å². The molecule has 7 heteroatoms. The first-order valence-corrected chi connectivity index (χ1v) is 6.78. The molecule has 1 aromatic rings. The van der Waals surface area contributed by atoms with Crippen molar-refractivity contribution in [3.63, 3.8) is 0 Å². The number of aryl methyl sites for hydroxylation is 1. The van der Waals surface area contributed by atoms with Gasteiger partial charge >= 0.3 is 5.97 Å². The lowest BCUT2D eigenvalue weighted by atomic mass is 9.94. The highest BCUT2D eigenvalue weighted by Crippen LogP contribution is 2.14. The molecule has 0 fully saturated rings. The van der Waals surface area contributed by atoms with Gasteiger partial charge in [-0.25, -0.2) is 4.98 Å². The molecule has 7 nitrogen and oxygen atoms in total. The smallest absolute Gasteiger partial charge is 0.303 e. The first-order chi connectivity index (χ1) is 9.47. The summed E-state index contributed by atoms with van der Waals surface area (Å²) in [5.41, 5.74) is 0. The van der Waals surface area contributed by atoms with Gasteiger partial charge in [0.25, 0.3) is 0 Å². The van der Waals surface area contributed by atoms with E-state index in [1.807, 2.05) is 13.8 Å². The maximum absolute atomic E-state index is 11.7. The van der Waals surface area contributed by atoms with Crippen molar-refractivity contribution in [3.8, 4) is 0 Å². The third-order valence-electron chi connectivity index (χ3n) is 2.89. The van der Waals surface area contributed by atoms with E-state index >= 15 is 0 Å². The zero-order valence-corrected chi connectivity index (χ0v) is 12.0. The number of amides is 1. The van der Waals surface area contributed by atoms with E-state index in [1.165, 1.54) is 6.33 Å². The summed E-state index contributed by atoms with van der Waals surface area (Å²) in [4.78, 5) is 26.3. The van der Waals surface area contributed by atoms with Gasteiger partial charge in [-0.2, -0.15) is 5.10 Å². The summed E-state index contributed by atoms with van der Waals surface area (Å²) >= 11 is 0. The monoisotopic (exact) mass is 282 g/mol. The Kier molecular flexibility index (Phi) is 6.69. The third-order valence-corrected chi connectivity index (χ3v) is 2.89. The van der Waals surface area contributed by atoms with Gasteiger partial charge in [-0.1, -0.05) is 13.8 Å². The molecule has 2 N–H and O–H groups in total. The van der Waals surface area contributed by atoms with E-state index in [-0.39, 0.29) is 18.2 Å². The maximum Gasteiger partial charge on any atom is 0.303 e. The summed E-state index contributed by atoms with van der Waals surface area (Å²) in [6, 6.07) is 0. The number of carboxylic acids is 1. The molecular weight excluding hydrogens is 260 g/mol. The van der Waals surface area contributed by atoms with E-state index in [1.54, 1.807) is 11.0 Å².